The van der Waals surface area contributed by atoms with Gasteiger partial charge in [-0.25, -0.2) is 0 Å². The first-order valence-electron chi connectivity index (χ1n) is 15.4. The van der Waals surface area contributed by atoms with Gasteiger partial charge in [-0.2, -0.15) is 0 Å². The van der Waals surface area contributed by atoms with Gasteiger partial charge in [-0.1, -0.05) is 123 Å². The first-order valence-corrected chi connectivity index (χ1v) is 15.4. The lowest BCUT2D eigenvalue weighted by molar-refractivity contribution is -0.0512. The van der Waals surface area contributed by atoms with Crippen LogP contribution in [0.15, 0.2) is 48.6 Å². The van der Waals surface area contributed by atoms with Gasteiger partial charge in [0, 0.05) is 0 Å². The molecule has 10 unspecified atom stereocenters. The van der Waals surface area contributed by atoms with E-state index in [9.17, 15) is 0 Å². The molecule has 0 N–H and O–H groups in total. The van der Waals surface area contributed by atoms with Crippen molar-refractivity contribution in [2.24, 2.45) is 64.6 Å². The lowest BCUT2D eigenvalue weighted by Crippen LogP contribution is -2.50. The smallest absolute Gasteiger partial charge is 0.00964 e. The minimum atomic E-state index is 0.458. The minimum Gasteiger partial charge on any atom is -0.0953 e. The van der Waals surface area contributed by atoms with E-state index in [1.165, 1.54) is 35.1 Å². The highest BCUT2D eigenvalue weighted by atomic mass is 14.7. The number of fused-ring (bicyclic) bond motifs is 3. The maximum atomic E-state index is 4.61. The summed E-state index contributed by atoms with van der Waals surface area (Å²) in [5.41, 5.74) is 6.10. The molecule has 0 aromatic rings. The van der Waals surface area contributed by atoms with Crippen LogP contribution in [0.2, 0.25) is 0 Å². The van der Waals surface area contributed by atoms with Crippen molar-refractivity contribution in [1.82, 2.24) is 0 Å². The Morgan fingerprint density at radius 3 is 0.971 bits per heavy atom. The third-order valence-electron chi connectivity index (χ3n) is 9.55. The first kappa shape index (κ1) is 34.0. The summed E-state index contributed by atoms with van der Waals surface area (Å²) >= 11 is 0. The van der Waals surface area contributed by atoms with E-state index in [4.69, 9.17) is 0 Å². The van der Waals surface area contributed by atoms with Crippen LogP contribution in [0, 0.1) is 64.6 Å². The number of rotatable bonds is 0. The van der Waals surface area contributed by atoms with E-state index < -0.39 is 0 Å². The van der Waals surface area contributed by atoms with Crippen LogP contribution in [-0.2, 0) is 0 Å². The van der Waals surface area contributed by atoms with E-state index in [2.05, 4.69) is 54.0 Å². The maximum Gasteiger partial charge on any atom is -0.00964 e. The third-order valence-corrected chi connectivity index (χ3v) is 9.55. The summed E-state index contributed by atoms with van der Waals surface area (Å²) in [4.78, 5) is 0. The van der Waals surface area contributed by atoms with E-state index in [1.54, 1.807) is 0 Å². The van der Waals surface area contributed by atoms with Gasteiger partial charge in [0.25, 0.3) is 0 Å². The minimum absolute atomic E-state index is 0.458. The molecule has 0 spiro atoms. The lowest BCUT2D eigenvalue weighted by Gasteiger charge is -2.54. The summed E-state index contributed by atoms with van der Waals surface area (Å²) < 4.78 is 0. The van der Waals surface area contributed by atoms with Gasteiger partial charge in [-0.05, 0) is 99.7 Å². The predicted molar refractivity (Wildman–Crippen MR) is 163 cm³/mol. The number of hydrogen-bond acceptors (Lipinski definition) is 0. The summed E-state index contributed by atoms with van der Waals surface area (Å²) in [6.07, 6.45) is 2.71. The summed E-state index contributed by atoms with van der Waals surface area (Å²) in [6.45, 7) is 48.3. The molecular weight excluding hydrogens is 420 g/mol. The van der Waals surface area contributed by atoms with Crippen molar-refractivity contribution in [1.29, 1.82) is 0 Å². The van der Waals surface area contributed by atoms with Crippen LogP contribution in [0.1, 0.15) is 110 Å². The molecule has 5 aliphatic rings. The summed E-state index contributed by atoms with van der Waals surface area (Å²) in [5, 5.41) is 0. The Morgan fingerprint density at radius 2 is 0.714 bits per heavy atom. The molecule has 0 aromatic heterocycles. The molecule has 0 saturated heterocycles. The highest BCUT2D eigenvalue weighted by Gasteiger charge is 2.68. The lowest BCUT2D eigenvalue weighted by atomic mass is 9.50. The van der Waals surface area contributed by atoms with Crippen molar-refractivity contribution in [3.05, 3.63) is 48.6 Å². The standard InChI is InChI=1S/C25H34.5C2H6/c1-11-12(2)20-14(4)16(6)22-18-10-25(7,8)9-17(18)21-15(5)13(3)19(11)23(21)24(20)22;5*1-2/h11-12,17-24H,3-6,9-10H2,1-2,7-8H3;5*1-2H3. The fourth-order valence-electron chi connectivity index (χ4n) is 8.72. The van der Waals surface area contributed by atoms with Crippen molar-refractivity contribution in [3.63, 3.8) is 0 Å². The number of hydrogen-bond donors (Lipinski definition) is 0. The average molecular weight is 485 g/mol. The van der Waals surface area contributed by atoms with Crippen molar-refractivity contribution in [2.75, 3.05) is 0 Å². The molecule has 0 bridgehead atoms. The van der Waals surface area contributed by atoms with E-state index in [0.29, 0.717) is 40.9 Å². The predicted octanol–water partition coefficient (Wildman–Crippen LogP) is 11.4. The molecule has 0 aromatic carbocycles. The van der Waals surface area contributed by atoms with Crippen molar-refractivity contribution in [2.45, 2.75) is 110 Å². The fraction of sp³-hybridized carbons (Fsp3) is 0.771. The molecular formula is C35H64. The van der Waals surface area contributed by atoms with Crippen LogP contribution in [0.4, 0.5) is 0 Å². The average Bonchev–Trinajstić information content (AvgIpc) is 3.45. The number of allylic oxidation sites excluding steroid dienone is 4. The molecule has 5 saturated carbocycles. The summed E-state index contributed by atoms with van der Waals surface area (Å²) in [6, 6.07) is 0. The van der Waals surface area contributed by atoms with E-state index >= 15 is 0 Å². The summed E-state index contributed by atoms with van der Waals surface area (Å²) in [7, 11) is 0. The van der Waals surface area contributed by atoms with Crippen LogP contribution < -0.4 is 0 Å². The highest BCUT2D eigenvalue weighted by Crippen LogP contribution is 2.74. The van der Waals surface area contributed by atoms with Gasteiger partial charge in [0.2, 0.25) is 0 Å². The van der Waals surface area contributed by atoms with Crippen molar-refractivity contribution < 1.29 is 0 Å². The molecule has 0 aliphatic heterocycles. The zero-order chi connectivity index (χ0) is 28.0. The van der Waals surface area contributed by atoms with Crippen LogP contribution in [0.25, 0.3) is 0 Å². The molecule has 204 valence electrons. The van der Waals surface area contributed by atoms with Gasteiger partial charge in [0.1, 0.15) is 0 Å². The third kappa shape index (κ3) is 5.33. The zero-order valence-corrected chi connectivity index (χ0v) is 26.5. The molecule has 5 fully saturated rings. The molecule has 0 heteroatoms. The van der Waals surface area contributed by atoms with Crippen molar-refractivity contribution in [3.8, 4) is 0 Å². The highest BCUT2D eigenvalue weighted by molar-refractivity contribution is 5.48. The van der Waals surface area contributed by atoms with Gasteiger partial charge in [-0.15, -0.1) is 0 Å². The van der Waals surface area contributed by atoms with E-state index in [-0.39, 0.29) is 0 Å². The van der Waals surface area contributed by atoms with E-state index in [1.807, 2.05) is 69.2 Å². The quantitative estimate of drug-likeness (QED) is 0.320. The van der Waals surface area contributed by atoms with Gasteiger partial charge in [0.15, 0.2) is 0 Å². The van der Waals surface area contributed by atoms with Gasteiger partial charge < -0.3 is 0 Å². The maximum absolute atomic E-state index is 4.61. The topological polar surface area (TPSA) is 0 Å². The zero-order valence-electron chi connectivity index (χ0n) is 26.5. The normalized spacial score (nSPS) is 40.5. The largest absolute Gasteiger partial charge is 0.0953 e. The monoisotopic (exact) mass is 485 g/mol. The molecule has 35 heavy (non-hydrogen) atoms. The molecule has 0 heterocycles. The molecule has 5 aliphatic carbocycles. The second-order valence-corrected chi connectivity index (χ2v) is 11.0. The molecule has 0 radical (unpaired) electrons. The van der Waals surface area contributed by atoms with E-state index in [0.717, 1.165) is 23.7 Å². The molecule has 5 rings (SSSR count). The van der Waals surface area contributed by atoms with Gasteiger partial charge in [0.05, 0.1) is 0 Å². The molecule has 0 amide bonds. The Balaban J connectivity index is 0.00000104. The Morgan fingerprint density at radius 1 is 0.486 bits per heavy atom. The summed E-state index contributed by atoms with van der Waals surface area (Å²) in [5.74, 6) is 7.14. The van der Waals surface area contributed by atoms with Gasteiger partial charge >= 0.3 is 0 Å². The second kappa shape index (κ2) is 14.0. The SMILES string of the molecule is C=C1C(=C)C2C3CC(C)(C)CC3C3C(=C)C(=C)C4C(C)C(C)C1C2C43.CC.CC.CC.CC.CC. The fourth-order valence-corrected chi connectivity index (χ4v) is 8.72. The second-order valence-electron chi connectivity index (χ2n) is 11.0. The van der Waals surface area contributed by atoms with Gasteiger partial charge in [-0.3, -0.25) is 0 Å². The van der Waals surface area contributed by atoms with Crippen LogP contribution >= 0.6 is 0 Å². The van der Waals surface area contributed by atoms with Crippen molar-refractivity contribution >= 4 is 0 Å². The van der Waals surface area contributed by atoms with Crippen LogP contribution in [0.5, 0.6) is 0 Å². The molecule has 0 nitrogen and oxygen atoms in total. The Labute approximate surface area is 222 Å². The Hall–Kier alpha value is -1.04. The van der Waals surface area contributed by atoms with Crippen LogP contribution in [0.3, 0.4) is 0 Å². The van der Waals surface area contributed by atoms with Crippen LogP contribution in [-0.4, -0.2) is 0 Å². The first-order chi connectivity index (χ1) is 16.7. The Bertz CT molecular complexity index is 658. The molecule has 10 atom stereocenters. The Kier molecular flexibility index (Phi) is 13.6.